The number of fused-ring (bicyclic) bond motifs is 1. The van der Waals surface area contributed by atoms with Gasteiger partial charge < -0.3 is 0 Å². The monoisotopic (exact) mass is 630 g/mol. The van der Waals surface area contributed by atoms with Crippen LogP contribution in [-0.2, 0) is 5.54 Å². The van der Waals surface area contributed by atoms with E-state index in [4.69, 9.17) is 5.10 Å². The third-order valence-corrected chi connectivity index (χ3v) is 9.62. The second-order valence-corrected chi connectivity index (χ2v) is 12.3. The molecule has 7 aromatic rings. The van der Waals surface area contributed by atoms with E-state index in [0.717, 1.165) is 44.9 Å². The van der Waals surface area contributed by atoms with Crippen LogP contribution >= 0.6 is 11.3 Å². The summed E-state index contributed by atoms with van der Waals surface area (Å²) >= 11 is 1.51. The van der Waals surface area contributed by atoms with Crippen molar-refractivity contribution in [1.29, 1.82) is 5.26 Å². The molecule has 0 saturated carbocycles. The first-order valence-electron chi connectivity index (χ1n) is 15.3. The molecule has 1 unspecified atom stereocenters. The maximum absolute atomic E-state index is 14.2. The van der Waals surface area contributed by atoms with Gasteiger partial charge in [-0.15, -0.1) is 11.3 Å². The van der Waals surface area contributed by atoms with Crippen molar-refractivity contribution in [3.8, 4) is 39.2 Å². The van der Waals surface area contributed by atoms with Gasteiger partial charge in [0.15, 0.2) is 5.65 Å². The quantitative estimate of drug-likeness (QED) is 0.176. The molecule has 0 bridgehead atoms. The van der Waals surface area contributed by atoms with Crippen LogP contribution in [0.2, 0.25) is 0 Å². The lowest BCUT2D eigenvalue weighted by Crippen LogP contribution is -2.43. The van der Waals surface area contributed by atoms with E-state index < -0.39 is 5.54 Å². The molecule has 0 radical (unpaired) electrons. The number of thiazole rings is 1. The number of benzene rings is 3. The highest BCUT2D eigenvalue weighted by molar-refractivity contribution is 7.13. The van der Waals surface area contributed by atoms with Crippen molar-refractivity contribution in [3.05, 3.63) is 168 Å². The lowest BCUT2D eigenvalue weighted by Gasteiger charge is -2.41. The second-order valence-electron chi connectivity index (χ2n) is 11.4. The number of hydrogen-bond donors (Lipinski definition) is 0. The zero-order valence-corrected chi connectivity index (χ0v) is 25.9. The SMILES string of the molecule is N#Cc1cc(-c2cn(C(c3ccccc3)(c3ccccc3)C3C=CC=CC3)nc2-c2ccc(F)cc2)cn2c(-c3nccs3)cnc12. The molecule has 47 heavy (non-hydrogen) atoms. The van der Waals surface area contributed by atoms with Crippen LogP contribution in [0.5, 0.6) is 0 Å². The molecule has 1 aliphatic carbocycles. The molecule has 0 spiro atoms. The predicted octanol–water partition coefficient (Wildman–Crippen LogP) is 8.92. The van der Waals surface area contributed by atoms with Gasteiger partial charge in [0.1, 0.15) is 33.8 Å². The lowest BCUT2D eigenvalue weighted by molar-refractivity contribution is 0.293. The minimum atomic E-state index is -0.736. The van der Waals surface area contributed by atoms with Gasteiger partial charge in [-0.3, -0.25) is 9.08 Å². The molecule has 4 heterocycles. The van der Waals surface area contributed by atoms with Crippen molar-refractivity contribution in [1.82, 2.24) is 24.1 Å². The van der Waals surface area contributed by atoms with E-state index in [1.807, 2.05) is 34.2 Å². The number of nitriles is 1. The lowest BCUT2D eigenvalue weighted by atomic mass is 9.70. The summed E-state index contributed by atoms with van der Waals surface area (Å²) in [4.78, 5) is 9.09. The third kappa shape index (κ3) is 4.80. The highest BCUT2D eigenvalue weighted by Gasteiger charge is 2.44. The summed E-state index contributed by atoms with van der Waals surface area (Å²) in [7, 11) is 0. The van der Waals surface area contributed by atoms with Crippen molar-refractivity contribution in [2.45, 2.75) is 12.0 Å². The topological polar surface area (TPSA) is 71.8 Å². The number of imidazole rings is 1. The molecule has 0 fully saturated rings. The summed E-state index contributed by atoms with van der Waals surface area (Å²) in [6.45, 7) is 0. The van der Waals surface area contributed by atoms with Crippen LogP contribution in [0.15, 0.2) is 145 Å². The van der Waals surface area contributed by atoms with Gasteiger partial charge >= 0.3 is 0 Å². The first kappa shape index (κ1) is 28.6. The van der Waals surface area contributed by atoms with Crippen LogP contribution in [0.4, 0.5) is 4.39 Å². The normalized spacial score (nSPS) is 14.4. The Kier molecular flexibility index (Phi) is 7.16. The number of aromatic nitrogens is 5. The second kappa shape index (κ2) is 11.8. The Balaban J connectivity index is 1.45. The van der Waals surface area contributed by atoms with E-state index in [0.29, 0.717) is 16.9 Å². The molecule has 0 saturated heterocycles. The molecule has 226 valence electrons. The Morgan fingerprint density at radius 3 is 2.26 bits per heavy atom. The Morgan fingerprint density at radius 1 is 0.872 bits per heavy atom. The molecule has 6 nitrogen and oxygen atoms in total. The molecule has 0 aliphatic heterocycles. The zero-order chi connectivity index (χ0) is 31.8. The maximum atomic E-state index is 14.2. The Morgan fingerprint density at radius 2 is 1.62 bits per heavy atom. The summed E-state index contributed by atoms with van der Waals surface area (Å²) in [6.07, 6.45) is 17.0. The molecular weight excluding hydrogens is 604 g/mol. The number of rotatable bonds is 7. The van der Waals surface area contributed by atoms with E-state index in [9.17, 15) is 9.65 Å². The van der Waals surface area contributed by atoms with E-state index in [1.54, 1.807) is 24.5 Å². The average Bonchev–Trinajstić information content (AvgIpc) is 3.91. The van der Waals surface area contributed by atoms with Gasteiger partial charge in [0, 0.05) is 46.6 Å². The Bertz CT molecular complexity index is 2250. The number of allylic oxidation sites excluding steroid dienone is 4. The molecular formula is C39H27FN6S. The van der Waals surface area contributed by atoms with Crippen LogP contribution in [-0.4, -0.2) is 24.1 Å². The fourth-order valence-corrected chi connectivity index (χ4v) is 7.36. The van der Waals surface area contributed by atoms with E-state index in [1.165, 1.54) is 23.5 Å². The molecule has 8 rings (SSSR count). The van der Waals surface area contributed by atoms with Gasteiger partial charge in [-0.05, 0) is 47.9 Å². The van der Waals surface area contributed by atoms with Gasteiger partial charge in [0.05, 0.1) is 11.8 Å². The van der Waals surface area contributed by atoms with E-state index in [-0.39, 0.29) is 11.7 Å². The minimum absolute atomic E-state index is 0.0217. The smallest absolute Gasteiger partial charge is 0.155 e. The third-order valence-electron chi connectivity index (χ3n) is 8.83. The highest BCUT2D eigenvalue weighted by atomic mass is 32.1. The van der Waals surface area contributed by atoms with Crippen LogP contribution in [0.1, 0.15) is 23.1 Å². The number of hydrogen-bond acceptors (Lipinski definition) is 5. The van der Waals surface area contributed by atoms with Crippen molar-refractivity contribution in [2.75, 3.05) is 0 Å². The van der Waals surface area contributed by atoms with Gasteiger partial charge in [0.2, 0.25) is 0 Å². The Labute approximate surface area is 275 Å². The molecule has 0 N–H and O–H groups in total. The molecule has 0 amide bonds. The van der Waals surface area contributed by atoms with Gasteiger partial charge in [-0.1, -0.05) is 85.0 Å². The number of pyridine rings is 1. The van der Waals surface area contributed by atoms with Crippen molar-refractivity contribution < 1.29 is 4.39 Å². The van der Waals surface area contributed by atoms with Gasteiger partial charge in [0.25, 0.3) is 0 Å². The fourth-order valence-electron chi connectivity index (χ4n) is 6.72. The summed E-state index contributed by atoms with van der Waals surface area (Å²) in [6, 6.07) is 31.6. The summed E-state index contributed by atoms with van der Waals surface area (Å²) in [5, 5.41) is 18.4. The number of halogens is 1. The highest BCUT2D eigenvalue weighted by Crippen LogP contribution is 2.46. The summed E-state index contributed by atoms with van der Waals surface area (Å²) in [5.41, 5.74) is 6.25. The van der Waals surface area contributed by atoms with Gasteiger partial charge in [-0.25, -0.2) is 14.4 Å². The molecule has 8 heteroatoms. The van der Waals surface area contributed by atoms with Crippen LogP contribution in [0.25, 0.3) is 38.7 Å². The Hall–Kier alpha value is -5.91. The van der Waals surface area contributed by atoms with Crippen LogP contribution in [0.3, 0.4) is 0 Å². The minimum Gasteiger partial charge on any atom is -0.296 e. The first-order chi connectivity index (χ1) is 23.2. The average molecular weight is 631 g/mol. The fraction of sp³-hybridized carbons (Fsp3) is 0.0769. The van der Waals surface area contributed by atoms with E-state index >= 15 is 0 Å². The van der Waals surface area contributed by atoms with Crippen molar-refractivity contribution in [2.24, 2.45) is 5.92 Å². The molecule has 1 aliphatic rings. The summed E-state index contributed by atoms with van der Waals surface area (Å²) < 4.78 is 18.2. The zero-order valence-electron chi connectivity index (χ0n) is 25.1. The maximum Gasteiger partial charge on any atom is 0.155 e. The van der Waals surface area contributed by atoms with Crippen LogP contribution in [0, 0.1) is 23.1 Å². The van der Waals surface area contributed by atoms with Crippen LogP contribution < -0.4 is 0 Å². The molecule has 4 aromatic heterocycles. The largest absolute Gasteiger partial charge is 0.296 e. The molecule has 3 aromatic carbocycles. The number of nitrogens with zero attached hydrogens (tertiary/aromatic N) is 6. The molecule has 1 atom stereocenters. The van der Waals surface area contributed by atoms with Crippen molar-refractivity contribution >= 4 is 17.0 Å². The van der Waals surface area contributed by atoms with Crippen molar-refractivity contribution in [3.63, 3.8) is 0 Å². The predicted molar refractivity (Wildman–Crippen MR) is 183 cm³/mol. The standard InChI is InChI=1S/C39H27FN6S/c40-33-18-16-27(17-19-33)36-34(29-22-28(23-41)37-43-24-35(45(37)25-29)38-42-20-21-47-38)26-46(44-36)39(30-10-4-1-5-11-30,31-12-6-2-7-13-31)32-14-8-3-9-15-32/h1-14,16-22,24-26,32H,15H2. The van der Waals surface area contributed by atoms with Gasteiger partial charge in [-0.2, -0.15) is 10.4 Å². The van der Waals surface area contributed by atoms with E-state index in [2.05, 4.69) is 99.8 Å². The first-order valence-corrected chi connectivity index (χ1v) is 16.2. The summed E-state index contributed by atoms with van der Waals surface area (Å²) in [5.74, 6) is -0.301.